The molecule has 20 heavy (non-hydrogen) atoms. The fourth-order valence-corrected chi connectivity index (χ4v) is 2.89. The fourth-order valence-electron chi connectivity index (χ4n) is 2.89. The van der Waals surface area contributed by atoms with Crippen molar-refractivity contribution >= 4 is 11.8 Å². The first-order valence-electron chi connectivity index (χ1n) is 7.54. The van der Waals surface area contributed by atoms with Gasteiger partial charge in [-0.05, 0) is 26.4 Å². The molecule has 6 nitrogen and oxygen atoms in total. The van der Waals surface area contributed by atoms with Crippen molar-refractivity contribution < 1.29 is 9.59 Å². The highest BCUT2D eigenvalue weighted by atomic mass is 16.2. The molecule has 114 valence electrons. The van der Waals surface area contributed by atoms with E-state index in [0.29, 0.717) is 13.0 Å². The van der Waals surface area contributed by atoms with Crippen molar-refractivity contribution in [2.24, 2.45) is 11.7 Å². The molecule has 0 aromatic heterocycles. The van der Waals surface area contributed by atoms with Crippen LogP contribution in [0.2, 0.25) is 0 Å². The van der Waals surface area contributed by atoms with Crippen molar-refractivity contribution in [3.05, 3.63) is 0 Å². The van der Waals surface area contributed by atoms with Crippen LogP contribution in [0.25, 0.3) is 0 Å². The van der Waals surface area contributed by atoms with Crippen molar-refractivity contribution in [1.29, 1.82) is 0 Å². The van der Waals surface area contributed by atoms with Crippen molar-refractivity contribution in [2.45, 2.75) is 19.3 Å². The Kier molecular flexibility index (Phi) is 5.37. The molecular formula is C14H26N4O2. The molecule has 0 aromatic rings. The van der Waals surface area contributed by atoms with Crippen LogP contribution in [0, 0.1) is 5.92 Å². The molecule has 2 saturated heterocycles. The molecule has 6 heteroatoms. The van der Waals surface area contributed by atoms with Crippen molar-refractivity contribution in [3.63, 3.8) is 0 Å². The van der Waals surface area contributed by atoms with Crippen LogP contribution in [0.1, 0.15) is 19.3 Å². The number of unbranched alkanes of at least 4 members (excludes halogenated alkanes) is 1. The monoisotopic (exact) mass is 282 g/mol. The van der Waals surface area contributed by atoms with E-state index in [9.17, 15) is 9.59 Å². The zero-order valence-corrected chi connectivity index (χ0v) is 12.4. The summed E-state index contributed by atoms with van der Waals surface area (Å²) < 4.78 is 0. The Bertz CT molecular complexity index is 353. The Hall–Kier alpha value is -1.14. The Balaban J connectivity index is 1.59. The van der Waals surface area contributed by atoms with Crippen molar-refractivity contribution in [1.82, 2.24) is 14.7 Å². The second kappa shape index (κ2) is 7.04. The largest absolute Gasteiger partial charge is 0.369 e. The molecule has 1 unspecified atom stereocenters. The van der Waals surface area contributed by atoms with Crippen LogP contribution in [-0.4, -0.2) is 79.4 Å². The lowest BCUT2D eigenvalue weighted by Gasteiger charge is -2.32. The number of likely N-dealkylation sites (N-methyl/N-ethyl adjacent to an activating group) is 1. The van der Waals surface area contributed by atoms with Gasteiger partial charge in [0, 0.05) is 45.7 Å². The summed E-state index contributed by atoms with van der Waals surface area (Å²) in [6.07, 6.45) is 2.41. The van der Waals surface area contributed by atoms with Gasteiger partial charge in [0.25, 0.3) is 0 Å². The van der Waals surface area contributed by atoms with Gasteiger partial charge in [0.2, 0.25) is 11.8 Å². The van der Waals surface area contributed by atoms with Gasteiger partial charge in [-0.3, -0.25) is 9.59 Å². The van der Waals surface area contributed by atoms with Gasteiger partial charge in [-0.15, -0.1) is 0 Å². The van der Waals surface area contributed by atoms with E-state index in [1.807, 2.05) is 0 Å². The van der Waals surface area contributed by atoms with E-state index in [2.05, 4.69) is 16.8 Å². The molecular weight excluding hydrogens is 256 g/mol. The summed E-state index contributed by atoms with van der Waals surface area (Å²) in [4.78, 5) is 29.4. The van der Waals surface area contributed by atoms with Crippen LogP contribution < -0.4 is 5.73 Å². The summed E-state index contributed by atoms with van der Waals surface area (Å²) >= 11 is 0. The molecule has 2 amide bonds. The van der Waals surface area contributed by atoms with Gasteiger partial charge in [-0.2, -0.15) is 0 Å². The number of hydrogen-bond donors (Lipinski definition) is 1. The molecule has 0 aliphatic carbocycles. The van der Waals surface area contributed by atoms with Crippen LogP contribution in [-0.2, 0) is 9.59 Å². The molecule has 2 aliphatic rings. The standard InChI is InChI=1S/C14H26N4O2/c1-16-6-8-17(9-7-16)4-2-3-5-18-11-12(14(15)20)10-13(18)19/h12H,2-11H2,1H3,(H2,15,20). The highest BCUT2D eigenvalue weighted by Gasteiger charge is 2.32. The Morgan fingerprint density at radius 3 is 2.45 bits per heavy atom. The minimum atomic E-state index is -0.349. The number of primary amides is 1. The van der Waals surface area contributed by atoms with Gasteiger partial charge in [-0.25, -0.2) is 0 Å². The van der Waals surface area contributed by atoms with Crippen molar-refractivity contribution in [3.8, 4) is 0 Å². The highest BCUT2D eigenvalue weighted by Crippen LogP contribution is 2.17. The maximum absolute atomic E-state index is 11.7. The maximum atomic E-state index is 11.7. The van der Waals surface area contributed by atoms with Gasteiger partial charge < -0.3 is 20.4 Å². The van der Waals surface area contributed by atoms with Gasteiger partial charge in [-0.1, -0.05) is 0 Å². The number of nitrogens with zero attached hydrogens (tertiary/aromatic N) is 3. The molecule has 2 heterocycles. The molecule has 0 spiro atoms. The van der Waals surface area contributed by atoms with E-state index >= 15 is 0 Å². The molecule has 2 aliphatic heterocycles. The third-order valence-corrected chi connectivity index (χ3v) is 4.37. The van der Waals surface area contributed by atoms with Crippen LogP contribution in [0.4, 0.5) is 0 Å². The van der Waals surface area contributed by atoms with Gasteiger partial charge in [0.15, 0.2) is 0 Å². The Labute approximate surface area is 120 Å². The quantitative estimate of drug-likeness (QED) is 0.657. The molecule has 0 saturated carbocycles. The highest BCUT2D eigenvalue weighted by molar-refractivity contribution is 5.88. The lowest BCUT2D eigenvalue weighted by molar-refractivity contribution is -0.128. The molecule has 0 aromatic carbocycles. The van der Waals surface area contributed by atoms with E-state index < -0.39 is 0 Å². The second-order valence-electron chi connectivity index (χ2n) is 6.00. The average molecular weight is 282 g/mol. The van der Waals surface area contributed by atoms with Crippen LogP contribution in [0.15, 0.2) is 0 Å². The first-order chi connectivity index (χ1) is 9.56. The number of carbonyl (C=O) groups is 2. The molecule has 0 bridgehead atoms. The Morgan fingerprint density at radius 2 is 1.85 bits per heavy atom. The van der Waals surface area contributed by atoms with E-state index in [1.54, 1.807) is 4.90 Å². The minimum Gasteiger partial charge on any atom is -0.369 e. The SMILES string of the molecule is CN1CCN(CCCCN2CC(C(N)=O)CC2=O)CC1. The van der Waals surface area contributed by atoms with Crippen molar-refractivity contribution in [2.75, 3.05) is 52.9 Å². The maximum Gasteiger partial charge on any atom is 0.223 e. The number of amides is 2. The number of piperazine rings is 1. The number of likely N-dealkylation sites (tertiary alicyclic amines) is 1. The summed E-state index contributed by atoms with van der Waals surface area (Å²) in [7, 11) is 2.16. The zero-order chi connectivity index (χ0) is 14.5. The molecule has 1 atom stereocenters. The normalized spacial score (nSPS) is 25.4. The zero-order valence-electron chi connectivity index (χ0n) is 12.4. The van der Waals surface area contributed by atoms with Gasteiger partial charge in [0.1, 0.15) is 0 Å². The van der Waals surface area contributed by atoms with Crippen LogP contribution >= 0.6 is 0 Å². The summed E-state index contributed by atoms with van der Waals surface area (Å²) in [5.74, 6) is -0.549. The Morgan fingerprint density at radius 1 is 1.20 bits per heavy atom. The number of rotatable bonds is 6. The lowest BCUT2D eigenvalue weighted by Crippen LogP contribution is -2.44. The number of carbonyl (C=O) groups excluding carboxylic acids is 2. The summed E-state index contributed by atoms with van der Waals surface area (Å²) in [5.41, 5.74) is 5.26. The van der Waals surface area contributed by atoms with Gasteiger partial charge >= 0.3 is 0 Å². The fraction of sp³-hybridized carbons (Fsp3) is 0.857. The molecule has 2 N–H and O–H groups in total. The molecule has 2 fully saturated rings. The van der Waals surface area contributed by atoms with E-state index in [1.165, 1.54) is 0 Å². The number of hydrogen-bond acceptors (Lipinski definition) is 4. The van der Waals surface area contributed by atoms with E-state index in [4.69, 9.17) is 5.73 Å². The average Bonchev–Trinajstić information content (AvgIpc) is 2.79. The third kappa shape index (κ3) is 4.18. The molecule has 0 radical (unpaired) electrons. The predicted molar refractivity (Wildman–Crippen MR) is 77.1 cm³/mol. The van der Waals surface area contributed by atoms with E-state index in [-0.39, 0.29) is 17.7 Å². The second-order valence-corrected chi connectivity index (χ2v) is 6.00. The molecule has 2 rings (SSSR count). The smallest absolute Gasteiger partial charge is 0.223 e. The van der Waals surface area contributed by atoms with Crippen LogP contribution in [0.5, 0.6) is 0 Å². The van der Waals surface area contributed by atoms with Gasteiger partial charge in [0.05, 0.1) is 5.92 Å². The van der Waals surface area contributed by atoms with Crippen LogP contribution in [0.3, 0.4) is 0 Å². The number of nitrogens with two attached hydrogens (primary N) is 1. The third-order valence-electron chi connectivity index (χ3n) is 4.37. The summed E-state index contributed by atoms with van der Waals surface area (Å²) in [5, 5.41) is 0. The topological polar surface area (TPSA) is 69.9 Å². The first-order valence-corrected chi connectivity index (χ1v) is 7.54. The predicted octanol–water partition coefficient (Wildman–Crippen LogP) is -0.652. The first kappa shape index (κ1) is 15.3. The lowest BCUT2D eigenvalue weighted by atomic mass is 10.1. The van der Waals surface area contributed by atoms with E-state index in [0.717, 1.165) is 52.1 Å². The minimum absolute atomic E-state index is 0.0772. The summed E-state index contributed by atoms with van der Waals surface area (Å²) in [6, 6.07) is 0. The summed E-state index contributed by atoms with van der Waals surface area (Å²) in [6.45, 7) is 6.95.